The number of rotatable bonds is 3. The number of methoxy groups -OCH3 is 1. The number of halogens is 3. The molecule has 0 aliphatic rings. The van der Waals surface area contributed by atoms with Crippen LogP contribution in [0.15, 0.2) is 26.4 Å². The lowest BCUT2D eigenvalue weighted by molar-refractivity contribution is 0.412. The van der Waals surface area contributed by atoms with Crippen molar-refractivity contribution in [2.75, 3.05) is 7.11 Å². The van der Waals surface area contributed by atoms with E-state index in [-0.39, 0.29) is 0 Å². The van der Waals surface area contributed by atoms with E-state index in [1.165, 1.54) is 0 Å². The second-order valence-corrected chi connectivity index (χ2v) is 5.00. The molecule has 1 aromatic rings. The molecule has 0 saturated carbocycles. The van der Waals surface area contributed by atoms with Crippen LogP contribution in [0.5, 0.6) is 5.75 Å². The van der Waals surface area contributed by atoms with Crippen LogP contribution in [0, 0.1) is 0 Å². The van der Waals surface area contributed by atoms with Gasteiger partial charge >= 0.3 is 0 Å². The SMILES string of the molecule is COc1cc(SCl)c(Br)c(SCl)c1. The Hall–Kier alpha value is 0.780. The molecule has 0 amide bonds. The molecular formula is C7H5BrCl2OS2. The van der Waals surface area contributed by atoms with E-state index in [4.69, 9.17) is 26.1 Å². The van der Waals surface area contributed by atoms with E-state index in [1.54, 1.807) is 7.11 Å². The van der Waals surface area contributed by atoms with Crippen molar-refractivity contribution in [1.82, 2.24) is 0 Å². The summed E-state index contributed by atoms with van der Waals surface area (Å²) in [4.78, 5) is 1.79. The molecule has 0 aliphatic carbocycles. The van der Waals surface area contributed by atoms with Crippen LogP contribution in [0.2, 0.25) is 0 Å². The van der Waals surface area contributed by atoms with Gasteiger partial charge in [-0.25, -0.2) is 0 Å². The molecule has 0 N–H and O–H groups in total. The molecule has 6 heteroatoms. The van der Waals surface area contributed by atoms with E-state index in [0.29, 0.717) is 0 Å². The highest BCUT2D eigenvalue weighted by atomic mass is 79.9. The summed E-state index contributed by atoms with van der Waals surface area (Å²) in [6.07, 6.45) is 0. The molecule has 0 aromatic heterocycles. The third-order valence-corrected chi connectivity index (χ3v) is 4.73. The minimum atomic E-state index is 0.745. The maximum atomic E-state index is 5.67. The smallest absolute Gasteiger partial charge is 0.121 e. The third kappa shape index (κ3) is 2.86. The summed E-state index contributed by atoms with van der Waals surface area (Å²) in [5.41, 5.74) is 0. The van der Waals surface area contributed by atoms with Gasteiger partial charge in [0.15, 0.2) is 0 Å². The highest BCUT2D eigenvalue weighted by Crippen LogP contribution is 2.41. The first-order chi connectivity index (χ1) is 6.22. The fraction of sp³-hybridized carbons (Fsp3) is 0.143. The zero-order chi connectivity index (χ0) is 9.84. The summed E-state index contributed by atoms with van der Waals surface area (Å²) < 4.78 is 5.99. The Morgan fingerprint density at radius 3 is 2.00 bits per heavy atom. The summed E-state index contributed by atoms with van der Waals surface area (Å²) in [6, 6.07) is 3.69. The van der Waals surface area contributed by atoms with Crippen molar-refractivity contribution >= 4 is 59.2 Å². The van der Waals surface area contributed by atoms with Gasteiger partial charge in [0.25, 0.3) is 0 Å². The highest BCUT2D eigenvalue weighted by molar-refractivity contribution is 9.10. The van der Waals surface area contributed by atoms with Gasteiger partial charge in [-0.2, -0.15) is 0 Å². The molecular weight excluding hydrogens is 315 g/mol. The second-order valence-electron chi connectivity index (χ2n) is 2.09. The van der Waals surface area contributed by atoms with E-state index in [0.717, 1.165) is 42.0 Å². The van der Waals surface area contributed by atoms with Crippen molar-refractivity contribution in [2.24, 2.45) is 0 Å². The zero-order valence-electron chi connectivity index (χ0n) is 6.51. The van der Waals surface area contributed by atoms with Crippen LogP contribution in [0.3, 0.4) is 0 Å². The maximum absolute atomic E-state index is 5.67. The first-order valence-corrected chi connectivity index (χ1v) is 7.25. The van der Waals surface area contributed by atoms with E-state index >= 15 is 0 Å². The lowest BCUT2D eigenvalue weighted by Gasteiger charge is -2.07. The molecule has 0 spiro atoms. The summed E-state index contributed by atoms with van der Waals surface area (Å²) >= 11 is 3.40. The van der Waals surface area contributed by atoms with Crippen molar-refractivity contribution in [3.8, 4) is 5.75 Å². The van der Waals surface area contributed by atoms with Gasteiger partial charge < -0.3 is 4.74 Å². The van der Waals surface area contributed by atoms with Crippen molar-refractivity contribution in [3.63, 3.8) is 0 Å². The third-order valence-electron chi connectivity index (χ3n) is 1.38. The highest BCUT2D eigenvalue weighted by Gasteiger charge is 2.09. The summed E-state index contributed by atoms with van der Waals surface area (Å²) in [6.45, 7) is 0. The minimum absolute atomic E-state index is 0.745. The van der Waals surface area contributed by atoms with E-state index in [9.17, 15) is 0 Å². The average Bonchev–Trinajstić information content (AvgIpc) is 2.18. The van der Waals surface area contributed by atoms with E-state index in [2.05, 4.69) is 15.9 Å². The largest absolute Gasteiger partial charge is 0.497 e. The van der Waals surface area contributed by atoms with Crippen LogP contribution in [0.4, 0.5) is 0 Å². The monoisotopic (exact) mass is 318 g/mol. The van der Waals surface area contributed by atoms with Gasteiger partial charge in [0, 0.05) is 14.3 Å². The van der Waals surface area contributed by atoms with Crippen LogP contribution in [-0.4, -0.2) is 7.11 Å². The van der Waals surface area contributed by atoms with Crippen LogP contribution >= 0.6 is 59.2 Å². The Morgan fingerprint density at radius 2 is 1.69 bits per heavy atom. The molecule has 72 valence electrons. The van der Waals surface area contributed by atoms with Crippen LogP contribution in [-0.2, 0) is 0 Å². The number of hydrogen-bond acceptors (Lipinski definition) is 3. The van der Waals surface area contributed by atoms with Gasteiger partial charge in [-0.3, -0.25) is 0 Å². The van der Waals surface area contributed by atoms with E-state index < -0.39 is 0 Å². The van der Waals surface area contributed by atoms with Crippen LogP contribution < -0.4 is 4.74 Å². The number of benzene rings is 1. The normalized spacial score (nSPS) is 10.2. The molecule has 1 rings (SSSR count). The van der Waals surface area contributed by atoms with Crippen LogP contribution in [0.1, 0.15) is 0 Å². The summed E-state index contributed by atoms with van der Waals surface area (Å²) in [5.74, 6) is 0.745. The van der Waals surface area contributed by atoms with Gasteiger partial charge in [0.2, 0.25) is 0 Å². The molecule has 0 saturated heterocycles. The number of ether oxygens (including phenoxy) is 1. The molecule has 0 unspecified atom stereocenters. The molecule has 0 heterocycles. The second kappa shape index (κ2) is 5.61. The zero-order valence-corrected chi connectivity index (χ0v) is 11.2. The van der Waals surface area contributed by atoms with Crippen molar-refractivity contribution < 1.29 is 4.74 Å². The Morgan fingerprint density at radius 1 is 1.23 bits per heavy atom. The molecule has 1 nitrogen and oxygen atoms in total. The molecule has 0 radical (unpaired) electrons. The molecule has 1 aromatic carbocycles. The molecule has 0 aliphatic heterocycles. The van der Waals surface area contributed by atoms with E-state index in [1.807, 2.05) is 12.1 Å². The van der Waals surface area contributed by atoms with Gasteiger partial charge in [0.1, 0.15) is 5.75 Å². The lowest BCUT2D eigenvalue weighted by Crippen LogP contribution is -1.85. The molecule has 0 fully saturated rings. The maximum Gasteiger partial charge on any atom is 0.121 e. The quantitative estimate of drug-likeness (QED) is 0.780. The lowest BCUT2D eigenvalue weighted by atomic mass is 10.3. The van der Waals surface area contributed by atoms with Gasteiger partial charge in [-0.1, -0.05) is 0 Å². The fourth-order valence-corrected chi connectivity index (χ4v) is 3.52. The van der Waals surface area contributed by atoms with Crippen LogP contribution in [0.25, 0.3) is 0 Å². The van der Waals surface area contributed by atoms with Crippen molar-refractivity contribution in [3.05, 3.63) is 16.6 Å². The first kappa shape index (κ1) is 11.9. The standard InChI is InChI=1S/C7H5BrCl2OS2/c1-11-4-2-5(12-9)7(8)6(3-4)13-10/h2-3H,1H3. The summed E-state index contributed by atoms with van der Waals surface area (Å²) in [5, 5.41) is 0. The first-order valence-electron chi connectivity index (χ1n) is 3.17. The number of hydrogen-bond donors (Lipinski definition) is 0. The van der Waals surface area contributed by atoms with Gasteiger partial charge in [0.05, 0.1) is 7.11 Å². The molecule has 0 atom stereocenters. The minimum Gasteiger partial charge on any atom is -0.497 e. The Labute approximate surface area is 103 Å². The Balaban J connectivity index is 3.20. The molecule has 0 bridgehead atoms. The van der Waals surface area contributed by atoms with Gasteiger partial charge in [-0.15, -0.1) is 0 Å². The Kier molecular flexibility index (Phi) is 5.11. The predicted octanol–water partition coefficient (Wildman–Crippen LogP) is 4.95. The topological polar surface area (TPSA) is 9.23 Å². The fourth-order valence-electron chi connectivity index (χ4n) is 0.778. The van der Waals surface area contributed by atoms with Crippen molar-refractivity contribution in [2.45, 2.75) is 9.79 Å². The predicted molar refractivity (Wildman–Crippen MR) is 64.1 cm³/mol. The average molecular weight is 320 g/mol. The van der Waals surface area contributed by atoms with Crippen molar-refractivity contribution in [1.29, 1.82) is 0 Å². The van der Waals surface area contributed by atoms with Gasteiger partial charge in [-0.05, 0) is 71.4 Å². The summed E-state index contributed by atoms with van der Waals surface area (Å²) in [7, 11) is 15.2. The Bertz CT molecular complexity index is 284. The molecule has 13 heavy (non-hydrogen) atoms.